The van der Waals surface area contributed by atoms with E-state index < -0.39 is 5.41 Å². The van der Waals surface area contributed by atoms with Crippen molar-refractivity contribution in [1.82, 2.24) is 0 Å². The molecule has 0 saturated carbocycles. The van der Waals surface area contributed by atoms with E-state index in [1.165, 1.54) is 6.92 Å². The number of hydrogen-bond donors (Lipinski definition) is 0. The van der Waals surface area contributed by atoms with E-state index in [9.17, 15) is 9.59 Å². The number of carbonyl (C=O) groups is 2. The highest BCUT2D eigenvalue weighted by Crippen LogP contribution is 2.50. The predicted molar refractivity (Wildman–Crippen MR) is 118 cm³/mol. The third kappa shape index (κ3) is 4.13. The second kappa shape index (κ2) is 9.20. The molecule has 0 spiro atoms. The molecule has 2 aliphatic rings. The molecule has 0 aromatic heterocycles. The molecular weight excluding hydrogens is 380 g/mol. The molecule has 6 heteroatoms. The number of amides is 1. The first-order chi connectivity index (χ1) is 14.4. The van der Waals surface area contributed by atoms with Gasteiger partial charge >= 0.3 is 5.97 Å². The van der Waals surface area contributed by atoms with Gasteiger partial charge in [0, 0.05) is 18.7 Å². The largest absolute Gasteiger partial charge is 0.497 e. The van der Waals surface area contributed by atoms with Crippen molar-refractivity contribution in [3.63, 3.8) is 0 Å². The summed E-state index contributed by atoms with van der Waals surface area (Å²) in [5.41, 5.74) is 2.82. The molecule has 1 aromatic rings. The summed E-state index contributed by atoms with van der Waals surface area (Å²) >= 11 is 0. The number of allylic oxidation sites excluding steroid dienone is 3. The lowest BCUT2D eigenvalue weighted by atomic mass is 9.59. The molecule has 1 amide bonds. The molecule has 0 bridgehead atoms. The lowest BCUT2D eigenvalue weighted by molar-refractivity contribution is -0.149. The Bertz CT molecular complexity index is 954. The van der Waals surface area contributed by atoms with Crippen LogP contribution in [0.25, 0.3) is 0 Å². The van der Waals surface area contributed by atoms with Crippen molar-refractivity contribution in [2.75, 3.05) is 13.7 Å². The van der Waals surface area contributed by atoms with Gasteiger partial charge in [0.25, 0.3) is 0 Å². The highest BCUT2D eigenvalue weighted by molar-refractivity contribution is 6.35. The van der Waals surface area contributed by atoms with E-state index >= 15 is 0 Å². The SMILES string of the molecule is CCOC(=O)C1(C)C(=NC(C)=O)C(C=Nc2ccc(OC)cc2)=C1C1=CCCCC1. The first kappa shape index (κ1) is 21.7. The maximum Gasteiger partial charge on any atom is 0.322 e. The molecule has 1 aromatic carbocycles. The number of nitrogens with zero attached hydrogens (tertiary/aromatic N) is 2. The van der Waals surface area contributed by atoms with Crippen LogP contribution in [0.15, 0.2) is 57.0 Å². The Hall–Kier alpha value is -3.02. The van der Waals surface area contributed by atoms with Gasteiger partial charge in [0.1, 0.15) is 11.2 Å². The first-order valence-electron chi connectivity index (χ1n) is 10.3. The number of hydrogen-bond acceptors (Lipinski definition) is 5. The number of carbonyl (C=O) groups excluding carboxylic acids is 2. The molecule has 6 nitrogen and oxygen atoms in total. The Morgan fingerprint density at radius 3 is 2.50 bits per heavy atom. The lowest BCUT2D eigenvalue weighted by Gasteiger charge is -2.43. The third-order valence-electron chi connectivity index (χ3n) is 5.48. The Morgan fingerprint density at radius 2 is 1.93 bits per heavy atom. The Balaban J connectivity index is 2.10. The fourth-order valence-corrected chi connectivity index (χ4v) is 4.01. The number of benzene rings is 1. The second-order valence-corrected chi connectivity index (χ2v) is 7.54. The van der Waals surface area contributed by atoms with Crippen LogP contribution in [0, 0.1) is 5.41 Å². The second-order valence-electron chi connectivity index (χ2n) is 7.54. The van der Waals surface area contributed by atoms with Crippen molar-refractivity contribution in [3.05, 3.63) is 47.1 Å². The van der Waals surface area contributed by atoms with Crippen molar-refractivity contribution in [2.24, 2.45) is 15.4 Å². The summed E-state index contributed by atoms with van der Waals surface area (Å²) in [4.78, 5) is 33.6. The van der Waals surface area contributed by atoms with E-state index in [4.69, 9.17) is 9.47 Å². The number of rotatable bonds is 6. The van der Waals surface area contributed by atoms with Gasteiger partial charge in [-0.1, -0.05) is 6.08 Å². The van der Waals surface area contributed by atoms with Crippen molar-refractivity contribution in [2.45, 2.75) is 46.5 Å². The lowest BCUT2D eigenvalue weighted by Crippen LogP contribution is -2.50. The molecule has 30 heavy (non-hydrogen) atoms. The van der Waals surface area contributed by atoms with Gasteiger partial charge < -0.3 is 9.47 Å². The summed E-state index contributed by atoms with van der Waals surface area (Å²) in [6.45, 7) is 5.22. The van der Waals surface area contributed by atoms with Crippen LogP contribution in [0.2, 0.25) is 0 Å². The number of ether oxygens (including phenoxy) is 2. The molecule has 0 N–H and O–H groups in total. The summed E-state index contributed by atoms with van der Waals surface area (Å²) in [5, 5.41) is 0. The molecule has 0 aliphatic heterocycles. The molecule has 0 saturated heterocycles. The van der Waals surface area contributed by atoms with Gasteiger partial charge in [-0.25, -0.2) is 4.99 Å². The van der Waals surface area contributed by atoms with Gasteiger partial charge in [-0.15, -0.1) is 0 Å². The number of esters is 1. The topological polar surface area (TPSA) is 77.3 Å². The molecule has 1 atom stereocenters. The van der Waals surface area contributed by atoms with Crippen LogP contribution >= 0.6 is 0 Å². The van der Waals surface area contributed by atoms with E-state index in [2.05, 4.69) is 16.1 Å². The molecule has 3 rings (SSSR count). The third-order valence-corrected chi connectivity index (χ3v) is 5.48. The molecule has 0 radical (unpaired) electrons. The zero-order valence-electron chi connectivity index (χ0n) is 18.0. The molecule has 0 fully saturated rings. The summed E-state index contributed by atoms with van der Waals surface area (Å²) < 4.78 is 10.6. The Morgan fingerprint density at radius 1 is 1.20 bits per heavy atom. The zero-order chi connectivity index (χ0) is 21.7. The molecule has 0 heterocycles. The summed E-state index contributed by atoms with van der Waals surface area (Å²) in [6, 6.07) is 7.36. The van der Waals surface area contributed by atoms with Crippen LogP contribution in [-0.4, -0.2) is 37.5 Å². The van der Waals surface area contributed by atoms with Gasteiger partial charge in [0.05, 0.1) is 25.1 Å². The Labute approximate surface area is 177 Å². The molecule has 2 aliphatic carbocycles. The van der Waals surface area contributed by atoms with Crippen LogP contribution in [-0.2, 0) is 14.3 Å². The van der Waals surface area contributed by atoms with Crippen LogP contribution in [0.5, 0.6) is 5.75 Å². The van der Waals surface area contributed by atoms with Crippen molar-refractivity contribution >= 4 is 29.5 Å². The summed E-state index contributed by atoms with van der Waals surface area (Å²) in [6.07, 6.45) is 7.95. The summed E-state index contributed by atoms with van der Waals surface area (Å²) in [5.74, 6) is 0.0131. The van der Waals surface area contributed by atoms with E-state index in [-0.39, 0.29) is 18.5 Å². The van der Waals surface area contributed by atoms with E-state index in [1.54, 1.807) is 27.2 Å². The monoisotopic (exact) mass is 408 g/mol. The number of methoxy groups -OCH3 is 1. The highest BCUT2D eigenvalue weighted by atomic mass is 16.5. The van der Waals surface area contributed by atoms with Crippen LogP contribution in [0.3, 0.4) is 0 Å². The summed E-state index contributed by atoms with van der Waals surface area (Å²) in [7, 11) is 1.61. The Kier molecular flexibility index (Phi) is 6.65. The van der Waals surface area contributed by atoms with Crippen LogP contribution in [0.4, 0.5) is 5.69 Å². The fraction of sp³-hybridized carbons (Fsp3) is 0.417. The number of aliphatic imine (C=N–C) groups is 2. The normalized spacial score (nSPS) is 22.7. The molecular formula is C24H28N2O4. The van der Waals surface area contributed by atoms with Crippen molar-refractivity contribution in [3.8, 4) is 5.75 Å². The smallest absolute Gasteiger partial charge is 0.322 e. The van der Waals surface area contributed by atoms with Crippen LogP contribution < -0.4 is 4.74 Å². The standard InChI is InChI=1S/C24H28N2O4/c1-5-30-23(28)24(3)21(17-9-7-6-8-10-17)20(22(24)26-16(2)27)15-25-18-11-13-19(29-4)14-12-18/h9,11-15H,5-8,10H2,1-4H3. The van der Waals surface area contributed by atoms with Gasteiger partial charge in [0.2, 0.25) is 5.91 Å². The zero-order valence-corrected chi connectivity index (χ0v) is 18.0. The van der Waals surface area contributed by atoms with E-state index in [0.717, 1.165) is 53.8 Å². The maximum atomic E-state index is 12.9. The maximum absolute atomic E-state index is 12.9. The quantitative estimate of drug-likeness (QED) is 0.502. The van der Waals surface area contributed by atoms with Gasteiger partial charge in [0.15, 0.2) is 0 Å². The minimum absolute atomic E-state index is 0.267. The van der Waals surface area contributed by atoms with E-state index in [0.29, 0.717) is 5.71 Å². The average molecular weight is 408 g/mol. The molecule has 158 valence electrons. The molecule has 1 unspecified atom stereocenters. The van der Waals surface area contributed by atoms with Crippen molar-refractivity contribution < 1.29 is 19.1 Å². The fourth-order valence-electron chi connectivity index (χ4n) is 4.01. The van der Waals surface area contributed by atoms with Gasteiger partial charge in [-0.2, -0.15) is 0 Å². The van der Waals surface area contributed by atoms with Crippen LogP contribution in [0.1, 0.15) is 46.5 Å². The van der Waals surface area contributed by atoms with E-state index in [1.807, 2.05) is 24.3 Å². The minimum atomic E-state index is -1.06. The van der Waals surface area contributed by atoms with Gasteiger partial charge in [-0.05, 0) is 74.9 Å². The minimum Gasteiger partial charge on any atom is -0.497 e. The van der Waals surface area contributed by atoms with Crippen molar-refractivity contribution in [1.29, 1.82) is 0 Å². The highest BCUT2D eigenvalue weighted by Gasteiger charge is 2.55. The average Bonchev–Trinajstić information content (AvgIpc) is 2.75. The van der Waals surface area contributed by atoms with Gasteiger partial charge in [-0.3, -0.25) is 14.6 Å². The predicted octanol–water partition coefficient (Wildman–Crippen LogP) is 4.77. The first-order valence-corrected chi connectivity index (χ1v) is 10.3.